The zero-order chi connectivity index (χ0) is 15.8. The SMILES string of the molecule is C=C/C(OC)=C1/CN(C(=O)CNC(=O)CC)CC/C1=C/C. The summed E-state index contributed by atoms with van der Waals surface area (Å²) in [5, 5.41) is 2.61. The summed E-state index contributed by atoms with van der Waals surface area (Å²) in [6.45, 7) is 8.66. The molecule has 0 bridgehead atoms. The van der Waals surface area contributed by atoms with Gasteiger partial charge in [-0.2, -0.15) is 0 Å². The summed E-state index contributed by atoms with van der Waals surface area (Å²) in [6, 6.07) is 0. The molecule has 5 nitrogen and oxygen atoms in total. The molecule has 0 aromatic rings. The van der Waals surface area contributed by atoms with E-state index in [-0.39, 0.29) is 18.4 Å². The summed E-state index contributed by atoms with van der Waals surface area (Å²) in [6.07, 6.45) is 4.86. The van der Waals surface area contributed by atoms with E-state index >= 15 is 0 Å². The van der Waals surface area contributed by atoms with Gasteiger partial charge in [-0.25, -0.2) is 0 Å². The van der Waals surface area contributed by atoms with E-state index in [0.29, 0.717) is 25.3 Å². The number of rotatable bonds is 5. The first-order chi connectivity index (χ1) is 10.1. The Balaban J connectivity index is 2.80. The lowest BCUT2D eigenvalue weighted by molar-refractivity contribution is -0.132. The molecule has 1 heterocycles. The predicted octanol–water partition coefficient (Wildman–Crippen LogP) is 1.78. The minimum atomic E-state index is -0.117. The number of hydrogen-bond acceptors (Lipinski definition) is 3. The number of nitrogens with one attached hydrogen (secondary N) is 1. The van der Waals surface area contributed by atoms with Crippen molar-refractivity contribution in [3.63, 3.8) is 0 Å². The number of likely N-dealkylation sites (tertiary alicyclic amines) is 1. The van der Waals surface area contributed by atoms with Crippen LogP contribution in [0.3, 0.4) is 0 Å². The molecular formula is C16H24N2O3. The summed E-state index contributed by atoms with van der Waals surface area (Å²) in [5.74, 6) is 0.496. The lowest BCUT2D eigenvalue weighted by Crippen LogP contribution is -2.43. The van der Waals surface area contributed by atoms with Gasteiger partial charge in [0.05, 0.1) is 13.7 Å². The number of piperidine rings is 1. The largest absolute Gasteiger partial charge is 0.496 e. The molecule has 1 saturated heterocycles. The van der Waals surface area contributed by atoms with E-state index in [1.165, 1.54) is 5.57 Å². The average molecular weight is 292 g/mol. The van der Waals surface area contributed by atoms with Crippen molar-refractivity contribution >= 4 is 11.8 Å². The molecular weight excluding hydrogens is 268 g/mol. The third-order valence-corrected chi connectivity index (χ3v) is 3.55. The lowest BCUT2D eigenvalue weighted by Gasteiger charge is -2.31. The molecule has 1 aliphatic heterocycles. The lowest BCUT2D eigenvalue weighted by atomic mass is 9.96. The van der Waals surface area contributed by atoms with E-state index in [2.05, 4.69) is 11.9 Å². The number of amides is 2. The van der Waals surface area contributed by atoms with Crippen LogP contribution in [0.15, 0.2) is 35.6 Å². The Morgan fingerprint density at radius 3 is 2.71 bits per heavy atom. The van der Waals surface area contributed by atoms with Crippen LogP contribution in [-0.4, -0.2) is 43.5 Å². The maximum Gasteiger partial charge on any atom is 0.242 e. The summed E-state index contributed by atoms with van der Waals surface area (Å²) in [7, 11) is 1.60. The third-order valence-electron chi connectivity index (χ3n) is 3.55. The van der Waals surface area contributed by atoms with Gasteiger partial charge in [-0.15, -0.1) is 0 Å². The van der Waals surface area contributed by atoms with Crippen molar-refractivity contribution in [1.29, 1.82) is 0 Å². The van der Waals surface area contributed by atoms with Gasteiger partial charge < -0.3 is 15.0 Å². The minimum absolute atomic E-state index is 0.0432. The molecule has 0 radical (unpaired) electrons. The smallest absolute Gasteiger partial charge is 0.242 e. The minimum Gasteiger partial charge on any atom is -0.496 e. The molecule has 0 aromatic heterocycles. The van der Waals surface area contributed by atoms with Gasteiger partial charge in [-0.05, 0) is 25.0 Å². The van der Waals surface area contributed by atoms with Crippen LogP contribution in [0.5, 0.6) is 0 Å². The standard InChI is InChI=1S/C16H24N2O3/c1-5-12-8-9-18(11-13(12)14(6-2)21-4)16(20)10-17-15(19)7-3/h5-6H,2,7-11H2,1,3-4H3,(H,17,19)/b12-5-,14-13+. The normalized spacial score (nSPS) is 19.2. The van der Waals surface area contributed by atoms with Gasteiger partial charge in [-0.3, -0.25) is 9.59 Å². The molecule has 116 valence electrons. The quantitative estimate of drug-likeness (QED) is 0.786. The molecule has 0 saturated carbocycles. The summed E-state index contributed by atoms with van der Waals surface area (Å²) in [4.78, 5) is 25.1. The van der Waals surface area contributed by atoms with E-state index in [1.807, 2.05) is 13.0 Å². The van der Waals surface area contributed by atoms with Crippen molar-refractivity contribution in [3.8, 4) is 0 Å². The maximum absolute atomic E-state index is 12.2. The molecule has 0 atom stereocenters. The van der Waals surface area contributed by atoms with E-state index < -0.39 is 0 Å². The van der Waals surface area contributed by atoms with Crippen molar-refractivity contribution < 1.29 is 14.3 Å². The molecule has 0 unspecified atom stereocenters. The highest BCUT2D eigenvalue weighted by Gasteiger charge is 2.24. The van der Waals surface area contributed by atoms with Gasteiger partial charge >= 0.3 is 0 Å². The number of nitrogens with zero attached hydrogens (tertiary/aromatic N) is 1. The monoisotopic (exact) mass is 292 g/mol. The Bertz CT molecular complexity index is 478. The van der Waals surface area contributed by atoms with Gasteiger partial charge in [0.25, 0.3) is 0 Å². The molecule has 0 spiro atoms. The number of methoxy groups -OCH3 is 1. The van der Waals surface area contributed by atoms with Crippen LogP contribution in [0, 0.1) is 0 Å². The zero-order valence-corrected chi connectivity index (χ0v) is 13.1. The number of carbonyl (C=O) groups is 2. The van der Waals surface area contributed by atoms with Crippen LogP contribution in [-0.2, 0) is 14.3 Å². The third kappa shape index (κ3) is 4.48. The van der Waals surface area contributed by atoms with Crippen LogP contribution >= 0.6 is 0 Å². The Hall–Kier alpha value is -2.04. The van der Waals surface area contributed by atoms with Crippen LogP contribution in [0.2, 0.25) is 0 Å². The molecule has 5 heteroatoms. The van der Waals surface area contributed by atoms with Gasteiger partial charge in [0.15, 0.2) is 0 Å². The number of ether oxygens (including phenoxy) is 1. The van der Waals surface area contributed by atoms with Crippen molar-refractivity contribution in [2.45, 2.75) is 26.7 Å². The van der Waals surface area contributed by atoms with E-state index in [1.54, 1.807) is 25.0 Å². The Morgan fingerprint density at radius 1 is 1.48 bits per heavy atom. The van der Waals surface area contributed by atoms with E-state index in [4.69, 9.17) is 4.74 Å². The van der Waals surface area contributed by atoms with Crippen LogP contribution in [0.4, 0.5) is 0 Å². The van der Waals surface area contributed by atoms with Crippen molar-refractivity contribution in [2.24, 2.45) is 0 Å². The van der Waals surface area contributed by atoms with Crippen molar-refractivity contribution in [3.05, 3.63) is 35.6 Å². The first kappa shape index (κ1) is 17.0. The number of allylic oxidation sites excluding steroid dienone is 2. The molecule has 1 aliphatic rings. The van der Waals surface area contributed by atoms with E-state index in [9.17, 15) is 9.59 Å². The van der Waals surface area contributed by atoms with Gasteiger partial charge in [-0.1, -0.05) is 19.6 Å². The molecule has 0 aliphatic carbocycles. The fourth-order valence-corrected chi connectivity index (χ4v) is 2.29. The second kappa shape index (κ2) is 8.29. The fourth-order valence-electron chi connectivity index (χ4n) is 2.29. The maximum atomic E-state index is 12.2. The van der Waals surface area contributed by atoms with Crippen LogP contribution in [0.1, 0.15) is 26.7 Å². The number of carbonyl (C=O) groups excluding carboxylic acids is 2. The predicted molar refractivity (Wildman–Crippen MR) is 82.5 cm³/mol. The van der Waals surface area contributed by atoms with Crippen LogP contribution in [0.25, 0.3) is 0 Å². The highest BCUT2D eigenvalue weighted by atomic mass is 16.5. The van der Waals surface area contributed by atoms with Crippen molar-refractivity contribution in [2.75, 3.05) is 26.7 Å². The summed E-state index contributed by atoms with van der Waals surface area (Å²) >= 11 is 0. The Labute approximate surface area is 126 Å². The van der Waals surface area contributed by atoms with Gasteiger partial charge in [0.2, 0.25) is 11.8 Å². The average Bonchev–Trinajstić information content (AvgIpc) is 2.53. The molecule has 21 heavy (non-hydrogen) atoms. The molecule has 2 amide bonds. The van der Waals surface area contributed by atoms with Gasteiger partial charge in [0, 0.05) is 25.1 Å². The summed E-state index contributed by atoms with van der Waals surface area (Å²) < 4.78 is 5.33. The molecule has 0 aromatic carbocycles. The van der Waals surface area contributed by atoms with Crippen molar-refractivity contribution in [1.82, 2.24) is 10.2 Å². The first-order valence-corrected chi connectivity index (χ1v) is 7.16. The van der Waals surface area contributed by atoms with Gasteiger partial charge in [0.1, 0.15) is 5.76 Å². The molecule has 1 fully saturated rings. The fraction of sp³-hybridized carbons (Fsp3) is 0.500. The Kier molecular flexibility index (Phi) is 6.72. The zero-order valence-electron chi connectivity index (χ0n) is 13.1. The molecule has 1 rings (SSSR count). The Morgan fingerprint density at radius 2 is 2.19 bits per heavy atom. The number of hydrogen-bond donors (Lipinski definition) is 1. The second-order valence-corrected chi connectivity index (χ2v) is 4.76. The first-order valence-electron chi connectivity index (χ1n) is 7.16. The van der Waals surface area contributed by atoms with E-state index in [0.717, 1.165) is 12.0 Å². The second-order valence-electron chi connectivity index (χ2n) is 4.76. The van der Waals surface area contributed by atoms with Crippen LogP contribution < -0.4 is 5.32 Å². The summed E-state index contributed by atoms with van der Waals surface area (Å²) in [5.41, 5.74) is 2.16. The topological polar surface area (TPSA) is 58.6 Å². The molecule has 1 N–H and O–H groups in total. The highest BCUT2D eigenvalue weighted by Crippen LogP contribution is 2.25. The highest BCUT2D eigenvalue weighted by molar-refractivity contribution is 5.85.